The molecule has 0 radical (unpaired) electrons. The average Bonchev–Trinajstić information content (AvgIpc) is 1.66. The molecule has 0 aromatic rings. The molecule has 0 atom stereocenters. The molecule has 0 bridgehead atoms. The van der Waals surface area contributed by atoms with Crippen LogP contribution in [-0.4, -0.2) is 18.7 Å². The van der Waals surface area contributed by atoms with E-state index in [9.17, 15) is 0 Å². The second-order valence-electron chi connectivity index (χ2n) is 1.87. The maximum atomic E-state index is 5.26. The molecule has 0 rings (SSSR count). The van der Waals surface area contributed by atoms with Crippen molar-refractivity contribution in [3.8, 4) is 0 Å². The van der Waals surface area contributed by atoms with E-state index in [4.69, 9.17) is 5.84 Å². The Morgan fingerprint density at radius 2 is 2.25 bits per heavy atom. The second kappa shape index (κ2) is 5.03. The van der Waals surface area contributed by atoms with Crippen molar-refractivity contribution in [2.45, 2.75) is 19.8 Å². The standard InChI is InChI=1S/C5H15N3/c1-3-4-5-7-8(2)6/h7H,3-6H2,1-2H3. The normalized spacial score (nSPS) is 10.5. The monoisotopic (exact) mass is 117 g/mol. The molecule has 3 N–H and O–H groups in total. The van der Waals surface area contributed by atoms with Gasteiger partial charge in [0.2, 0.25) is 0 Å². The molecule has 0 aliphatic heterocycles. The summed E-state index contributed by atoms with van der Waals surface area (Å²) < 4.78 is 0. The van der Waals surface area contributed by atoms with Gasteiger partial charge in [0.05, 0.1) is 0 Å². The maximum Gasteiger partial charge on any atom is 0.0172 e. The Hall–Kier alpha value is -0.120. The van der Waals surface area contributed by atoms with E-state index in [-0.39, 0.29) is 0 Å². The third-order valence-electron chi connectivity index (χ3n) is 0.892. The number of hydrazine groups is 2. The van der Waals surface area contributed by atoms with E-state index in [1.54, 1.807) is 7.05 Å². The summed E-state index contributed by atoms with van der Waals surface area (Å²) in [5.74, 6) is 5.26. The molecule has 0 aliphatic rings. The summed E-state index contributed by atoms with van der Waals surface area (Å²) in [6, 6.07) is 0. The van der Waals surface area contributed by atoms with Crippen LogP contribution in [0.2, 0.25) is 0 Å². The topological polar surface area (TPSA) is 41.3 Å². The van der Waals surface area contributed by atoms with Crippen molar-refractivity contribution in [1.29, 1.82) is 0 Å². The Morgan fingerprint density at radius 3 is 2.62 bits per heavy atom. The lowest BCUT2D eigenvalue weighted by atomic mass is 10.3. The quantitative estimate of drug-likeness (QED) is 0.311. The molecule has 0 fully saturated rings. The average molecular weight is 117 g/mol. The van der Waals surface area contributed by atoms with Crippen molar-refractivity contribution in [3.63, 3.8) is 0 Å². The van der Waals surface area contributed by atoms with E-state index < -0.39 is 0 Å². The van der Waals surface area contributed by atoms with Crippen molar-refractivity contribution in [3.05, 3.63) is 0 Å². The van der Waals surface area contributed by atoms with Crippen LogP contribution >= 0.6 is 0 Å². The van der Waals surface area contributed by atoms with Crippen molar-refractivity contribution in [2.75, 3.05) is 13.6 Å². The van der Waals surface area contributed by atoms with Gasteiger partial charge in [0, 0.05) is 13.6 Å². The van der Waals surface area contributed by atoms with Crippen LogP contribution in [0.3, 0.4) is 0 Å². The van der Waals surface area contributed by atoms with Crippen molar-refractivity contribution in [1.82, 2.24) is 10.5 Å². The predicted molar refractivity (Wildman–Crippen MR) is 34.9 cm³/mol. The largest absolute Gasteiger partial charge is 0.255 e. The van der Waals surface area contributed by atoms with E-state index in [1.165, 1.54) is 18.0 Å². The molecule has 3 heteroatoms. The minimum Gasteiger partial charge on any atom is -0.255 e. The zero-order chi connectivity index (χ0) is 6.41. The van der Waals surface area contributed by atoms with Gasteiger partial charge in [-0.1, -0.05) is 13.3 Å². The zero-order valence-corrected chi connectivity index (χ0v) is 5.65. The molecule has 0 aliphatic carbocycles. The van der Waals surface area contributed by atoms with Gasteiger partial charge in [-0.15, -0.1) is 0 Å². The summed E-state index contributed by atoms with van der Waals surface area (Å²) >= 11 is 0. The third kappa shape index (κ3) is 5.88. The lowest BCUT2D eigenvalue weighted by molar-refractivity contribution is 0.241. The Morgan fingerprint density at radius 1 is 1.62 bits per heavy atom. The Balaban J connectivity index is 2.72. The molecular weight excluding hydrogens is 102 g/mol. The van der Waals surface area contributed by atoms with Crippen LogP contribution < -0.4 is 11.3 Å². The van der Waals surface area contributed by atoms with Crippen molar-refractivity contribution >= 4 is 0 Å². The van der Waals surface area contributed by atoms with Gasteiger partial charge in [0.25, 0.3) is 0 Å². The maximum absolute atomic E-state index is 5.26. The van der Waals surface area contributed by atoms with Gasteiger partial charge in [0.1, 0.15) is 0 Å². The number of rotatable bonds is 4. The molecule has 0 amide bonds. The van der Waals surface area contributed by atoms with Crippen LogP contribution in [0.25, 0.3) is 0 Å². The number of hydrogen-bond donors (Lipinski definition) is 2. The third-order valence-corrected chi connectivity index (χ3v) is 0.892. The van der Waals surface area contributed by atoms with E-state index in [2.05, 4.69) is 12.3 Å². The molecule has 0 aromatic carbocycles. The summed E-state index contributed by atoms with van der Waals surface area (Å²) in [6.45, 7) is 3.13. The summed E-state index contributed by atoms with van der Waals surface area (Å²) in [7, 11) is 1.79. The van der Waals surface area contributed by atoms with Gasteiger partial charge in [-0.05, 0) is 6.42 Å². The van der Waals surface area contributed by atoms with Crippen LogP contribution in [0.5, 0.6) is 0 Å². The first-order valence-corrected chi connectivity index (χ1v) is 2.99. The number of nitrogens with zero attached hydrogens (tertiary/aromatic N) is 1. The van der Waals surface area contributed by atoms with Gasteiger partial charge >= 0.3 is 0 Å². The molecule has 0 heterocycles. The van der Waals surface area contributed by atoms with E-state index in [0.29, 0.717) is 0 Å². The van der Waals surface area contributed by atoms with Crippen LogP contribution in [0.1, 0.15) is 19.8 Å². The Kier molecular flexibility index (Phi) is 4.95. The summed E-state index contributed by atoms with van der Waals surface area (Å²) in [6.07, 6.45) is 2.39. The molecule has 50 valence electrons. The first-order chi connectivity index (χ1) is 3.77. The van der Waals surface area contributed by atoms with Gasteiger partial charge in [0.15, 0.2) is 0 Å². The molecule has 0 saturated carbocycles. The smallest absolute Gasteiger partial charge is 0.0172 e. The molecule has 0 unspecified atom stereocenters. The van der Waals surface area contributed by atoms with Gasteiger partial charge in [-0.3, -0.25) is 5.84 Å². The van der Waals surface area contributed by atoms with Gasteiger partial charge in [-0.2, -0.15) is 5.12 Å². The summed E-state index contributed by atoms with van der Waals surface area (Å²) in [4.78, 5) is 0. The molecule has 0 aromatic heterocycles. The van der Waals surface area contributed by atoms with Crippen molar-refractivity contribution < 1.29 is 0 Å². The fourth-order valence-corrected chi connectivity index (χ4v) is 0.432. The highest BCUT2D eigenvalue weighted by atomic mass is 15.6. The predicted octanol–water partition coefficient (Wildman–Crippen LogP) is 0.0966. The van der Waals surface area contributed by atoms with Crippen molar-refractivity contribution in [2.24, 2.45) is 5.84 Å². The minimum absolute atomic E-state index is 0.976. The van der Waals surface area contributed by atoms with Crippen LogP contribution in [0.4, 0.5) is 0 Å². The minimum atomic E-state index is 0.976. The lowest BCUT2D eigenvalue weighted by Crippen LogP contribution is -2.40. The fraction of sp³-hybridized carbons (Fsp3) is 1.00. The second-order valence-corrected chi connectivity index (χ2v) is 1.87. The van der Waals surface area contributed by atoms with Gasteiger partial charge in [-0.25, -0.2) is 5.43 Å². The molecular formula is C5H15N3. The molecule has 0 saturated heterocycles. The van der Waals surface area contributed by atoms with E-state index in [0.717, 1.165) is 6.54 Å². The fourth-order valence-electron chi connectivity index (χ4n) is 0.432. The highest BCUT2D eigenvalue weighted by Crippen LogP contribution is 1.80. The molecule has 3 nitrogen and oxygen atoms in total. The first kappa shape index (κ1) is 7.88. The number of nitrogens with two attached hydrogens (primary N) is 1. The molecule has 8 heavy (non-hydrogen) atoms. The number of unbranched alkanes of at least 4 members (excludes halogenated alkanes) is 1. The molecule has 0 spiro atoms. The highest BCUT2D eigenvalue weighted by Gasteiger charge is 1.84. The zero-order valence-electron chi connectivity index (χ0n) is 5.65. The Labute approximate surface area is 50.8 Å². The first-order valence-electron chi connectivity index (χ1n) is 2.99. The van der Waals surface area contributed by atoms with Crippen LogP contribution in [-0.2, 0) is 0 Å². The van der Waals surface area contributed by atoms with Gasteiger partial charge < -0.3 is 0 Å². The summed E-state index contributed by atoms with van der Waals surface area (Å²) in [5.41, 5.74) is 2.96. The van der Waals surface area contributed by atoms with Crippen LogP contribution in [0.15, 0.2) is 0 Å². The summed E-state index contributed by atoms with van der Waals surface area (Å²) in [5, 5.41) is 1.48. The highest BCUT2D eigenvalue weighted by molar-refractivity contribution is 4.36. The SMILES string of the molecule is CCCCNN(C)N. The number of nitrogens with one attached hydrogen (secondary N) is 1. The van der Waals surface area contributed by atoms with E-state index in [1.807, 2.05) is 0 Å². The number of hydrogen-bond acceptors (Lipinski definition) is 3. The van der Waals surface area contributed by atoms with Crippen LogP contribution in [0, 0.1) is 0 Å². The van der Waals surface area contributed by atoms with E-state index >= 15 is 0 Å². The lowest BCUT2D eigenvalue weighted by Gasteiger charge is -2.09. The Bertz CT molecular complexity index is 44.9.